The van der Waals surface area contributed by atoms with Crippen LogP contribution < -0.4 is 10.5 Å². The molecular formula is C10H12N6O. The van der Waals surface area contributed by atoms with Crippen LogP contribution in [0.1, 0.15) is 11.4 Å². The first-order valence-electron chi connectivity index (χ1n) is 4.95. The van der Waals surface area contributed by atoms with Crippen LogP contribution in [-0.2, 0) is 13.7 Å². The molecule has 88 valence electrons. The van der Waals surface area contributed by atoms with Crippen LogP contribution in [0.15, 0.2) is 24.3 Å². The predicted molar refractivity (Wildman–Crippen MR) is 60.6 cm³/mol. The number of tetrazole rings is 1. The first kappa shape index (κ1) is 11.1. The zero-order valence-corrected chi connectivity index (χ0v) is 9.29. The molecule has 0 amide bonds. The fourth-order valence-corrected chi connectivity index (χ4v) is 1.26. The molecule has 3 N–H and O–H groups in total. The third-order valence-electron chi connectivity index (χ3n) is 2.08. The highest BCUT2D eigenvalue weighted by Crippen LogP contribution is 2.12. The van der Waals surface area contributed by atoms with Crippen molar-refractivity contribution in [2.75, 3.05) is 0 Å². The second kappa shape index (κ2) is 4.60. The van der Waals surface area contributed by atoms with Gasteiger partial charge in [0.25, 0.3) is 0 Å². The minimum absolute atomic E-state index is 0.0344. The number of benzene rings is 1. The summed E-state index contributed by atoms with van der Waals surface area (Å²) in [6, 6.07) is 6.93. The molecule has 7 heteroatoms. The Morgan fingerprint density at radius 3 is 2.65 bits per heavy atom. The fourth-order valence-electron chi connectivity index (χ4n) is 1.26. The Bertz CT molecular complexity index is 518. The van der Waals surface area contributed by atoms with Gasteiger partial charge in [-0.2, -0.15) is 4.80 Å². The molecule has 0 saturated carbocycles. The van der Waals surface area contributed by atoms with Crippen LogP contribution in [0.3, 0.4) is 0 Å². The van der Waals surface area contributed by atoms with Gasteiger partial charge in [0.2, 0.25) is 5.82 Å². The van der Waals surface area contributed by atoms with E-state index >= 15 is 0 Å². The van der Waals surface area contributed by atoms with Gasteiger partial charge >= 0.3 is 0 Å². The predicted octanol–water partition coefficient (Wildman–Crippen LogP) is 0.0732. The third-order valence-corrected chi connectivity index (χ3v) is 2.08. The Labute approximate surface area is 97.7 Å². The smallest absolute Gasteiger partial charge is 0.212 e. The number of hydrogen-bond donors (Lipinski definition) is 2. The summed E-state index contributed by atoms with van der Waals surface area (Å²) in [4.78, 5) is 1.37. The molecule has 17 heavy (non-hydrogen) atoms. The summed E-state index contributed by atoms with van der Waals surface area (Å²) < 4.78 is 5.45. The maximum absolute atomic E-state index is 7.25. The van der Waals surface area contributed by atoms with Crippen molar-refractivity contribution in [3.63, 3.8) is 0 Å². The lowest BCUT2D eigenvalue weighted by atomic mass is 10.2. The van der Waals surface area contributed by atoms with Crippen molar-refractivity contribution in [1.82, 2.24) is 20.2 Å². The summed E-state index contributed by atoms with van der Waals surface area (Å²) in [6.45, 7) is 0.257. The molecule has 1 heterocycles. The summed E-state index contributed by atoms with van der Waals surface area (Å²) in [5.41, 5.74) is 6.01. The molecular weight excluding hydrogens is 220 g/mol. The third kappa shape index (κ3) is 2.77. The Morgan fingerprint density at radius 2 is 2.12 bits per heavy atom. The molecule has 0 aliphatic rings. The van der Waals surface area contributed by atoms with E-state index in [9.17, 15) is 0 Å². The van der Waals surface area contributed by atoms with Gasteiger partial charge in [0.05, 0.1) is 7.05 Å². The molecule has 2 rings (SSSR count). The molecule has 1 aromatic carbocycles. The summed E-state index contributed by atoms with van der Waals surface area (Å²) in [5.74, 6) is 1.22. The van der Waals surface area contributed by atoms with Crippen molar-refractivity contribution >= 4 is 5.84 Å². The number of aromatic nitrogens is 4. The molecule has 0 bridgehead atoms. The quantitative estimate of drug-likeness (QED) is 0.573. The molecule has 7 nitrogen and oxygen atoms in total. The molecule has 1 aromatic heterocycles. The maximum atomic E-state index is 7.25. The SMILES string of the molecule is Cn1nnc(COc2ccc(C(=N)N)cc2)n1. The van der Waals surface area contributed by atoms with Gasteiger partial charge in [0.1, 0.15) is 11.6 Å². The van der Waals surface area contributed by atoms with Gasteiger partial charge in [0.15, 0.2) is 6.61 Å². The lowest BCUT2D eigenvalue weighted by molar-refractivity contribution is 0.295. The van der Waals surface area contributed by atoms with Crippen LogP contribution in [0.4, 0.5) is 0 Å². The van der Waals surface area contributed by atoms with E-state index in [1.165, 1.54) is 4.80 Å². The molecule has 0 spiro atoms. The standard InChI is InChI=1S/C10H12N6O/c1-16-14-9(13-15-16)6-17-8-4-2-7(3-5-8)10(11)12/h2-5H,6H2,1H3,(H3,11,12). The van der Waals surface area contributed by atoms with E-state index in [1.807, 2.05) is 0 Å². The highest BCUT2D eigenvalue weighted by atomic mass is 16.5. The van der Waals surface area contributed by atoms with Gasteiger partial charge in [0, 0.05) is 5.56 Å². The van der Waals surface area contributed by atoms with Gasteiger partial charge < -0.3 is 10.5 Å². The second-order valence-corrected chi connectivity index (χ2v) is 3.42. The van der Waals surface area contributed by atoms with Crippen LogP contribution in [-0.4, -0.2) is 26.0 Å². The average molecular weight is 232 g/mol. The highest BCUT2D eigenvalue weighted by Gasteiger charge is 2.02. The number of nitrogens with two attached hydrogens (primary N) is 1. The van der Waals surface area contributed by atoms with E-state index in [1.54, 1.807) is 31.3 Å². The fraction of sp³-hybridized carbons (Fsp3) is 0.200. The van der Waals surface area contributed by atoms with Gasteiger partial charge in [-0.3, -0.25) is 5.41 Å². The molecule has 0 saturated heterocycles. The van der Waals surface area contributed by atoms with Gasteiger partial charge in [-0.05, 0) is 29.5 Å². The number of nitrogens with zero attached hydrogens (tertiary/aromatic N) is 4. The number of hydrogen-bond acceptors (Lipinski definition) is 5. The minimum atomic E-state index is 0.0344. The first-order chi connectivity index (χ1) is 8.15. The maximum Gasteiger partial charge on any atom is 0.212 e. The van der Waals surface area contributed by atoms with E-state index in [4.69, 9.17) is 15.9 Å². The number of aryl methyl sites for hydroxylation is 1. The van der Waals surface area contributed by atoms with Crippen molar-refractivity contribution in [1.29, 1.82) is 5.41 Å². The van der Waals surface area contributed by atoms with E-state index in [0.29, 0.717) is 17.1 Å². The van der Waals surface area contributed by atoms with Gasteiger partial charge in [-0.15, -0.1) is 10.2 Å². The van der Waals surface area contributed by atoms with Crippen molar-refractivity contribution in [2.24, 2.45) is 12.8 Å². The molecule has 0 aliphatic carbocycles. The summed E-state index contributed by atoms with van der Waals surface area (Å²) in [5, 5.41) is 18.7. The van der Waals surface area contributed by atoms with Crippen LogP contribution in [0.2, 0.25) is 0 Å². The number of ether oxygens (including phenoxy) is 1. The van der Waals surface area contributed by atoms with Crippen LogP contribution in [0, 0.1) is 5.41 Å². The van der Waals surface area contributed by atoms with E-state index in [-0.39, 0.29) is 12.4 Å². The summed E-state index contributed by atoms with van der Waals surface area (Å²) in [6.07, 6.45) is 0. The molecule has 2 aromatic rings. The van der Waals surface area contributed by atoms with Crippen molar-refractivity contribution in [3.05, 3.63) is 35.7 Å². The number of rotatable bonds is 4. The largest absolute Gasteiger partial charge is 0.485 e. The summed E-state index contributed by atoms with van der Waals surface area (Å²) >= 11 is 0. The topological polar surface area (TPSA) is 103 Å². The van der Waals surface area contributed by atoms with E-state index < -0.39 is 0 Å². The molecule has 0 radical (unpaired) electrons. The van der Waals surface area contributed by atoms with Gasteiger partial charge in [-0.25, -0.2) is 0 Å². The molecule has 0 unspecified atom stereocenters. The average Bonchev–Trinajstić information content (AvgIpc) is 2.73. The number of amidine groups is 1. The molecule has 0 aliphatic heterocycles. The van der Waals surface area contributed by atoms with E-state index in [0.717, 1.165) is 0 Å². The summed E-state index contributed by atoms with van der Waals surface area (Å²) in [7, 11) is 1.69. The molecule has 0 fully saturated rings. The first-order valence-corrected chi connectivity index (χ1v) is 4.95. The van der Waals surface area contributed by atoms with E-state index in [2.05, 4.69) is 15.4 Å². The highest BCUT2D eigenvalue weighted by molar-refractivity contribution is 5.94. The van der Waals surface area contributed by atoms with Crippen LogP contribution >= 0.6 is 0 Å². The van der Waals surface area contributed by atoms with Crippen molar-refractivity contribution < 1.29 is 4.74 Å². The Balaban J connectivity index is 1.97. The number of nitrogen functional groups attached to an aromatic ring is 1. The monoisotopic (exact) mass is 232 g/mol. The van der Waals surface area contributed by atoms with Crippen molar-refractivity contribution in [3.8, 4) is 5.75 Å². The van der Waals surface area contributed by atoms with Crippen molar-refractivity contribution in [2.45, 2.75) is 6.61 Å². The number of nitrogens with one attached hydrogen (secondary N) is 1. The Hall–Kier alpha value is -2.44. The second-order valence-electron chi connectivity index (χ2n) is 3.42. The minimum Gasteiger partial charge on any atom is -0.485 e. The lowest BCUT2D eigenvalue weighted by Gasteiger charge is -2.04. The normalized spacial score (nSPS) is 10.2. The zero-order chi connectivity index (χ0) is 12.3. The Kier molecular flexibility index (Phi) is 2.99. The zero-order valence-electron chi connectivity index (χ0n) is 9.29. The van der Waals surface area contributed by atoms with Crippen LogP contribution in [0.25, 0.3) is 0 Å². The molecule has 0 atom stereocenters. The van der Waals surface area contributed by atoms with Gasteiger partial charge in [-0.1, -0.05) is 0 Å². The Morgan fingerprint density at radius 1 is 1.41 bits per heavy atom. The lowest BCUT2D eigenvalue weighted by Crippen LogP contribution is -2.10. The van der Waals surface area contributed by atoms with Crippen LogP contribution in [0.5, 0.6) is 5.75 Å².